The number of piperazine rings is 1. The average molecular weight is 369 g/mol. The van der Waals surface area contributed by atoms with Gasteiger partial charge < -0.3 is 14.5 Å². The van der Waals surface area contributed by atoms with E-state index in [4.69, 9.17) is 4.74 Å². The summed E-state index contributed by atoms with van der Waals surface area (Å²) in [6.45, 7) is 4.18. The van der Waals surface area contributed by atoms with Gasteiger partial charge in [0.2, 0.25) is 0 Å². The number of carbonyl (C=O) groups is 1. The van der Waals surface area contributed by atoms with Crippen molar-refractivity contribution >= 4 is 21.8 Å². The first-order chi connectivity index (χ1) is 12.0. The number of morpholine rings is 1. The van der Waals surface area contributed by atoms with Gasteiger partial charge in [0.05, 0.1) is 13.2 Å². The molecule has 0 atom stereocenters. The lowest BCUT2D eigenvalue weighted by Crippen LogP contribution is -2.52. The van der Waals surface area contributed by atoms with Crippen LogP contribution in [0.5, 0.6) is 0 Å². The summed E-state index contributed by atoms with van der Waals surface area (Å²) in [6.07, 6.45) is 1.64. The van der Waals surface area contributed by atoms with Crippen molar-refractivity contribution in [2.75, 3.05) is 64.4 Å². The molecule has 2 saturated heterocycles. The number of amides is 1. The Balaban J connectivity index is 1.66. The molecule has 0 aliphatic carbocycles. The molecule has 10 heteroatoms. The quantitative estimate of drug-likeness (QED) is 0.742. The fourth-order valence-corrected chi connectivity index (χ4v) is 3.88. The molecule has 0 bridgehead atoms. The summed E-state index contributed by atoms with van der Waals surface area (Å²) in [7, 11) is -2.06. The van der Waals surface area contributed by atoms with E-state index in [0.717, 1.165) is 18.8 Å². The van der Waals surface area contributed by atoms with E-state index in [1.54, 1.807) is 17.2 Å². The zero-order valence-corrected chi connectivity index (χ0v) is 15.0. The number of hydrogen-bond acceptors (Lipinski definition) is 6. The van der Waals surface area contributed by atoms with Crippen LogP contribution in [0.25, 0.3) is 0 Å². The fourth-order valence-electron chi connectivity index (χ4n) is 2.98. The topological polar surface area (TPSA) is 95.1 Å². The minimum atomic E-state index is -3.45. The van der Waals surface area contributed by atoms with Crippen LogP contribution in [0.4, 0.5) is 5.69 Å². The Kier molecular flexibility index (Phi) is 5.52. The Morgan fingerprint density at radius 3 is 2.48 bits per heavy atom. The van der Waals surface area contributed by atoms with Crippen LogP contribution in [-0.4, -0.2) is 88.0 Å². The van der Waals surface area contributed by atoms with Crippen LogP contribution in [0.1, 0.15) is 10.5 Å². The molecule has 0 saturated carbocycles. The number of hydrogen-bond donors (Lipinski definition) is 1. The molecule has 0 aromatic carbocycles. The Labute approximate surface area is 147 Å². The van der Waals surface area contributed by atoms with Crippen molar-refractivity contribution in [1.29, 1.82) is 0 Å². The van der Waals surface area contributed by atoms with Gasteiger partial charge in [0.15, 0.2) is 0 Å². The average Bonchev–Trinajstić information content (AvgIpc) is 2.68. The second-order valence-corrected chi connectivity index (χ2v) is 7.77. The lowest BCUT2D eigenvalue weighted by Gasteiger charge is -2.33. The molecule has 1 aromatic rings. The zero-order chi connectivity index (χ0) is 17.9. The molecule has 1 amide bonds. The predicted octanol–water partition coefficient (Wildman–Crippen LogP) is -0.860. The van der Waals surface area contributed by atoms with Crippen LogP contribution in [0, 0.1) is 0 Å². The fraction of sp³-hybridized carbons (Fsp3) is 0.600. The Morgan fingerprint density at radius 1 is 1.16 bits per heavy atom. The maximum absolute atomic E-state index is 12.7. The van der Waals surface area contributed by atoms with E-state index in [1.807, 2.05) is 6.07 Å². The van der Waals surface area contributed by atoms with Crippen molar-refractivity contribution in [3.05, 3.63) is 24.0 Å². The van der Waals surface area contributed by atoms with Gasteiger partial charge in [-0.05, 0) is 12.1 Å². The Bertz CT molecular complexity index is 712. The number of nitrogens with zero attached hydrogens (tertiary/aromatic N) is 4. The molecular formula is C15H23N5O4S. The van der Waals surface area contributed by atoms with E-state index in [1.165, 1.54) is 11.4 Å². The third-order valence-corrected chi connectivity index (χ3v) is 6.02. The smallest absolute Gasteiger partial charge is 0.279 e. The number of aromatic nitrogens is 1. The highest BCUT2D eigenvalue weighted by atomic mass is 32.2. The number of nitrogens with one attached hydrogen (secondary N) is 1. The number of rotatable bonds is 4. The van der Waals surface area contributed by atoms with Crippen LogP contribution < -0.4 is 9.62 Å². The van der Waals surface area contributed by atoms with E-state index in [-0.39, 0.29) is 19.0 Å². The third kappa shape index (κ3) is 4.09. The highest BCUT2D eigenvalue weighted by Crippen LogP contribution is 2.18. The molecule has 25 heavy (non-hydrogen) atoms. The van der Waals surface area contributed by atoms with Gasteiger partial charge in [0, 0.05) is 58.2 Å². The molecule has 138 valence electrons. The molecule has 2 fully saturated rings. The van der Waals surface area contributed by atoms with Gasteiger partial charge in [0.25, 0.3) is 16.1 Å². The third-order valence-electron chi connectivity index (χ3n) is 4.46. The van der Waals surface area contributed by atoms with Crippen LogP contribution in [0.3, 0.4) is 0 Å². The van der Waals surface area contributed by atoms with Gasteiger partial charge in [-0.1, -0.05) is 0 Å². The van der Waals surface area contributed by atoms with Gasteiger partial charge >= 0.3 is 0 Å². The van der Waals surface area contributed by atoms with Crippen LogP contribution in [-0.2, 0) is 14.9 Å². The summed E-state index contributed by atoms with van der Waals surface area (Å²) in [5, 5.41) is 0. The summed E-state index contributed by atoms with van der Waals surface area (Å²) in [5.41, 5.74) is 1.34. The summed E-state index contributed by atoms with van der Waals surface area (Å²) < 4.78 is 32.6. The minimum Gasteiger partial charge on any atom is -0.378 e. The molecule has 2 aliphatic heterocycles. The number of carbonyl (C=O) groups excluding carboxylic acids is 1. The normalized spacial score (nSPS) is 19.9. The first-order valence-electron chi connectivity index (χ1n) is 8.28. The maximum atomic E-state index is 12.7. The lowest BCUT2D eigenvalue weighted by molar-refractivity contribution is 0.0691. The van der Waals surface area contributed by atoms with Gasteiger partial charge in [-0.2, -0.15) is 12.7 Å². The minimum absolute atomic E-state index is 0.170. The monoisotopic (exact) mass is 369 g/mol. The van der Waals surface area contributed by atoms with Crippen molar-refractivity contribution in [3.63, 3.8) is 0 Å². The van der Waals surface area contributed by atoms with E-state index >= 15 is 0 Å². The van der Waals surface area contributed by atoms with Crippen LogP contribution >= 0.6 is 0 Å². The number of pyridine rings is 1. The Hall–Kier alpha value is -1.75. The predicted molar refractivity (Wildman–Crippen MR) is 92.7 cm³/mol. The first kappa shape index (κ1) is 18.1. The molecule has 9 nitrogen and oxygen atoms in total. The Morgan fingerprint density at radius 2 is 1.84 bits per heavy atom. The van der Waals surface area contributed by atoms with Crippen LogP contribution in [0.2, 0.25) is 0 Å². The van der Waals surface area contributed by atoms with Crippen molar-refractivity contribution in [2.24, 2.45) is 0 Å². The van der Waals surface area contributed by atoms with Gasteiger partial charge in [0.1, 0.15) is 5.69 Å². The van der Waals surface area contributed by atoms with Gasteiger partial charge in [-0.3, -0.25) is 9.78 Å². The van der Waals surface area contributed by atoms with E-state index < -0.39 is 10.2 Å². The molecule has 2 aliphatic rings. The second-order valence-electron chi connectivity index (χ2n) is 5.90. The molecule has 3 rings (SSSR count). The van der Waals surface area contributed by atoms with E-state index in [2.05, 4.69) is 14.6 Å². The highest BCUT2D eigenvalue weighted by molar-refractivity contribution is 7.87. The molecule has 0 unspecified atom stereocenters. The van der Waals surface area contributed by atoms with Crippen LogP contribution in [0.15, 0.2) is 18.3 Å². The van der Waals surface area contributed by atoms with Crippen molar-refractivity contribution < 1.29 is 17.9 Å². The van der Waals surface area contributed by atoms with Gasteiger partial charge in [-0.15, -0.1) is 0 Å². The van der Waals surface area contributed by atoms with Crippen molar-refractivity contribution in [2.45, 2.75) is 0 Å². The van der Waals surface area contributed by atoms with E-state index in [9.17, 15) is 13.2 Å². The molecule has 3 heterocycles. The molecule has 0 spiro atoms. The first-order valence-corrected chi connectivity index (χ1v) is 9.72. The second kappa shape index (κ2) is 7.65. The highest BCUT2D eigenvalue weighted by Gasteiger charge is 2.29. The molecule has 0 radical (unpaired) electrons. The summed E-state index contributed by atoms with van der Waals surface area (Å²) in [4.78, 5) is 20.7. The van der Waals surface area contributed by atoms with Gasteiger partial charge in [-0.25, -0.2) is 4.72 Å². The summed E-state index contributed by atoms with van der Waals surface area (Å²) >= 11 is 0. The van der Waals surface area contributed by atoms with Crippen molar-refractivity contribution in [1.82, 2.24) is 18.9 Å². The maximum Gasteiger partial charge on any atom is 0.279 e. The summed E-state index contributed by atoms with van der Waals surface area (Å²) in [5.74, 6) is -0.170. The number of ether oxygens (including phenoxy) is 1. The SMILES string of the molecule is CNS(=O)(=O)N1CCN(C(=O)c2cc(N3CCOCC3)ccn2)CC1. The standard InChI is InChI=1S/C15H23N5O4S/c1-16-25(22,23)20-6-4-19(5-7-20)15(21)14-12-13(2-3-17-14)18-8-10-24-11-9-18/h2-3,12,16H,4-11H2,1H3. The lowest BCUT2D eigenvalue weighted by atomic mass is 10.2. The number of anilines is 1. The van der Waals surface area contributed by atoms with E-state index in [0.29, 0.717) is 32.0 Å². The summed E-state index contributed by atoms with van der Waals surface area (Å²) in [6, 6.07) is 3.68. The zero-order valence-electron chi connectivity index (χ0n) is 14.2. The molecule has 1 N–H and O–H groups in total. The largest absolute Gasteiger partial charge is 0.378 e. The molecular weight excluding hydrogens is 346 g/mol. The van der Waals surface area contributed by atoms with Crippen molar-refractivity contribution in [3.8, 4) is 0 Å². The molecule has 1 aromatic heterocycles.